The summed E-state index contributed by atoms with van der Waals surface area (Å²) < 4.78 is 0. The van der Waals surface area contributed by atoms with E-state index < -0.39 is 0 Å². The second-order valence-electron chi connectivity index (χ2n) is 3.58. The molecule has 0 amide bonds. The van der Waals surface area contributed by atoms with E-state index in [0.717, 1.165) is 6.42 Å². The van der Waals surface area contributed by atoms with Crippen LogP contribution in [-0.2, 0) is 0 Å². The molecule has 2 atom stereocenters. The van der Waals surface area contributed by atoms with Crippen LogP contribution in [0.25, 0.3) is 0 Å². The van der Waals surface area contributed by atoms with Gasteiger partial charge in [-0.3, -0.25) is 4.90 Å². The van der Waals surface area contributed by atoms with Crippen molar-refractivity contribution in [2.24, 2.45) is 0 Å². The molecule has 0 spiro atoms. The van der Waals surface area contributed by atoms with Gasteiger partial charge >= 0.3 is 0 Å². The summed E-state index contributed by atoms with van der Waals surface area (Å²) in [6.07, 6.45) is 3.46. The van der Waals surface area contributed by atoms with Crippen LogP contribution in [0.3, 0.4) is 0 Å². The first-order valence-corrected chi connectivity index (χ1v) is 4.77. The third kappa shape index (κ3) is 2.19. The molecule has 1 rings (SSSR count). The lowest BCUT2D eigenvalue weighted by Crippen LogP contribution is -2.48. The zero-order valence-electron chi connectivity index (χ0n) is 7.74. The molecule has 0 bridgehead atoms. The Kier molecular flexibility index (Phi) is 3.98. The minimum absolute atomic E-state index is 0.195. The SMILES string of the molecule is CC1CCCC(CO)N1CCO. The Morgan fingerprint density at radius 2 is 2.08 bits per heavy atom. The average Bonchev–Trinajstić information content (AvgIpc) is 2.09. The molecule has 1 aliphatic heterocycles. The third-order valence-corrected chi connectivity index (χ3v) is 2.76. The van der Waals surface area contributed by atoms with E-state index in [-0.39, 0.29) is 19.3 Å². The predicted octanol–water partition coefficient (Wildman–Crippen LogP) is 0.214. The van der Waals surface area contributed by atoms with Crippen molar-refractivity contribution < 1.29 is 10.2 Å². The Labute approximate surface area is 74.0 Å². The van der Waals surface area contributed by atoms with Crippen molar-refractivity contribution in [1.29, 1.82) is 0 Å². The lowest BCUT2D eigenvalue weighted by molar-refractivity contribution is 0.0381. The number of rotatable bonds is 3. The van der Waals surface area contributed by atoms with Crippen molar-refractivity contribution in [3.05, 3.63) is 0 Å². The van der Waals surface area contributed by atoms with E-state index in [4.69, 9.17) is 10.2 Å². The van der Waals surface area contributed by atoms with Gasteiger partial charge in [0.1, 0.15) is 0 Å². The van der Waals surface area contributed by atoms with Crippen molar-refractivity contribution in [1.82, 2.24) is 4.90 Å². The van der Waals surface area contributed by atoms with Crippen molar-refractivity contribution in [2.45, 2.75) is 38.3 Å². The highest BCUT2D eigenvalue weighted by Gasteiger charge is 2.26. The van der Waals surface area contributed by atoms with Crippen LogP contribution in [-0.4, -0.2) is 47.0 Å². The van der Waals surface area contributed by atoms with E-state index >= 15 is 0 Å². The first kappa shape index (κ1) is 9.96. The Morgan fingerprint density at radius 3 is 2.67 bits per heavy atom. The molecule has 0 aromatic rings. The van der Waals surface area contributed by atoms with Gasteiger partial charge in [-0.25, -0.2) is 0 Å². The summed E-state index contributed by atoms with van der Waals surface area (Å²) in [4.78, 5) is 2.21. The molecule has 1 saturated heterocycles. The normalized spacial score (nSPS) is 32.2. The van der Waals surface area contributed by atoms with Gasteiger partial charge in [0, 0.05) is 18.6 Å². The number of hydrogen-bond acceptors (Lipinski definition) is 3. The third-order valence-electron chi connectivity index (χ3n) is 2.76. The van der Waals surface area contributed by atoms with Gasteiger partial charge in [0.15, 0.2) is 0 Å². The first-order chi connectivity index (χ1) is 5.79. The van der Waals surface area contributed by atoms with Crippen molar-refractivity contribution >= 4 is 0 Å². The van der Waals surface area contributed by atoms with Crippen LogP contribution in [0.4, 0.5) is 0 Å². The van der Waals surface area contributed by atoms with Crippen molar-refractivity contribution in [3.63, 3.8) is 0 Å². The maximum absolute atomic E-state index is 9.08. The lowest BCUT2D eigenvalue weighted by atomic mass is 9.97. The van der Waals surface area contributed by atoms with E-state index in [1.165, 1.54) is 12.8 Å². The van der Waals surface area contributed by atoms with E-state index in [0.29, 0.717) is 12.6 Å². The summed E-state index contributed by atoms with van der Waals surface area (Å²) in [5.74, 6) is 0. The molecular formula is C9H19NO2. The van der Waals surface area contributed by atoms with Crippen LogP contribution in [0, 0.1) is 0 Å². The second kappa shape index (κ2) is 4.80. The number of nitrogens with zero attached hydrogens (tertiary/aromatic N) is 1. The van der Waals surface area contributed by atoms with Crippen LogP contribution in [0.5, 0.6) is 0 Å². The highest BCUT2D eigenvalue weighted by atomic mass is 16.3. The molecule has 0 radical (unpaired) electrons. The molecule has 72 valence electrons. The molecule has 1 heterocycles. The molecule has 12 heavy (non-hydrogen) atoms. The molecule has 0 aliphatic carbocycles. The van der Waals surface area contributed by atoms with Crippen LogP contribution in [0.2, 0.25) is 0 Å². The molecule has 3 nitrogen and oxygen atoms in total. The van der Waals surface area contributed by atoms with Gasteiger partial charge in [0.2, 0.25) is 0 Å². The standard InChI is InChI=1S/C9H19NO2/c1-8-3-2-4-9(7-12)10(8)5-6-11/h8-9,11-12H,2-7H2,1H3. The summed E-state index contributed by atoms with van der Waals surface area (Å²) in [6, 6.07) is 0.795. The Hall–Kier alpha value is -0.120. The fourth-order valence-electron chi connectivity index (χ4n) is 2.06. The minimum Gasteiger partial charge on any atom is -0.395 e. The molecule has 0 aromatic carbocycles. The Bertz CT molecular complexity index is 130. The predicted molar refractivity (Wildman–Crippen MR) is 48.0 cm³/mol. The van der Waals surface area contributed by atoms with Crippen LogP contribution in [0.1, 0.15) is 26.2 Å². The van der Waals surface area contributed by atoms with Crippen LogP contribution in [0.15, 0.2) is 0 Å². The number of β-amino-alcohol motifs (C(OH)–C–C–N with tert-alkyl or cyclic N) is 1. The van der Waals surface area contributed by atoms with Gasteiger partial charge in [0.05, 0.1) is 13.2 Å². The first-order valence-electron chi connectivity index (χ1n) is 4.77. The zero-order valence-corrected chi connectivity index (χ0v) is 7.74. The largest absolute Gasteiger partial charge is 0.395 e. The topological polar surface area (TPSA) is 43.7 Å². The summed E-state index contributed by atoms with van der Waals surface area (Å²) >= 11 is 0. The summed E-state index contributed by atoms with van der Waals surface area (Å²) in [5, 5.41) is 17.9. The fourth-order valence-corrected chi connectivity index (χ4v) is 2.06. The van der Waals surface area contributed by atoms with Crippen molar-refractivity contribution in [2.75, 3.05) is 19.8 Å². The monoisotopic (exact) mass is 173 g/mol. The maximum atomic E-state index is 9.08. The van der Waals surface area contributed by atoms with Crippen LogP contribution >= 0.6 is 0 Å². The lowest BCUT2D eigenvalue weighted by Gasteiger charge is -2.39. The molecule has 1 aliphatic rings. The minimum atomic E-state index is 0.195. The highest BCUT2D eigenvalue weighted by molar-refractivity contribution is 4.81. The van der Waals surface area contributed by atoms with E-state index in [1.807, 2.05) is 0 Å². The van der Waals surface area contributed by atoms with Gasteiger partial charge in [-0.1, -0.05) is 6.42 Å². The summed E-state index contributed by atoms with van der Waals surface area (Å²) in [5.41, 5.74) is 0. The maximum Gasteiger partial charge on any atom is 0.0586 e. The number of aliphatic hydroxyl groups is 2. The van der Waals surface area contributed by atoms with E-state index in [9.17, 15) is 0 Å². The van der Waals surface area contributed by atoms with Crippen molar-refractivity contribution in [3.8, 4) is 0 Å². The average molecular weight is 173 g/mol. The molecular weight excluding hydrogens is 154 g/mol. The highest BCUT2D eigenvalue weighted by Crippen LogP contribution is 2.21. The Balaban J connectivity index is 2.47. The van der Waals surface area contributed by atoms with Gasteiger partial charge in [-0.15, -0.1) is 0 Å². The van der Waals surface area contributed by atoms with Gasteiger partial charge in [0.25, 0.3) is 0 Å². The summed E-state index contributed by atoms with van der Waals surface area (Å²) in [6.45, 7) is 3.29. The number of piperidine rings is 1. The van der Waals surface area contributed by atoms with Gasteiger partial charge < -0.3 is 10.2 Å². The van der Waals surface area contributed by atoms with Crippen LogP contribution < -0.4 is 0 Å². The van der Waals surface area contributed by atoms with E-state index in [2.05, 4.69) is 11.8 Å². The molecule has 2 unspecified atom stereocenters. The van der Waals surface area contributed by atoms with Gasteiger partial charge in [-0.05, 0) is 19.8 Å². The smallest absolute Gasteiger partial charge is 0.0586 e. The summed E-state index contributed by atoms with van der Waals surface area (Å²) in [7, 11) is 0. The number of hydrogen-bond donors (Lipinski definition) is 2. The number of likely N-dealkylation sites (tertiary alicyclic amines) is 1. The molecule has 3 heteroatoms. The molecule has 2 N–H and O–H groups in total. The zero-order chi connectivity index (χ0) is 8.97. The number of aliphatic hydroxyl groups excluding tert-OH is 2. The molecule has 1 fully saturated rings. The van der Waals surface area contributed by atoms with Gasteiger partial charge in [-0.2, -0.15) is 0 Å². The second-order valence-corrected chi connectivity index (χ2v) is 3.58. The quantitative estimate of drug-likeness (QED) is 0.641. The molecule has 0 saturated carbocycles. The Morgan fingerprint density at radius 1 is 1.33 bits per heavy atom. The fraction of sp³-hybridized carbons (Fsp3) is 1.00. The van der Waals surface area contributed by atoms with E-state index in [1.54, 1.807) is 0 Å². The molecule has 0 aromatic heterocycles.